The zero-order chi connectivity index (χ0) is 19.4. The van der Waals surface area contributed by atoms with E-state index in [1.54, 1.807) is 0 Å². The smallest absolute Gasteiger partial charge is 0.340 e. The molecule has 26 heavy (non-hydrogen) atoms. The van der Waals surface area contributed by atoms with Crippen LogP contribution in [0.15, 0.2) is 59.5 Å². The molecule has 0 aromatic heterocycles. The zero-order valence-electron chi connectivity index (χ0n) is 13.8. The first kappa shape index (κ1) is 19.9. The highest BCUT2D eigenvalue weighted by molar-refractivity contribution is 7.89. The molecule has 1 N–H and O–H groups in total. The topological polar surface area (TPSA) is 66.5 Å². The molecule has 9 heteroatoms. The van der Waals surface area contributed by atoms with E-state index in [9.17, 15) is 26.4 Å². The maximum Gasteiger partial charge on any atom is 0.416 e. The lowest BCUT2D eigenvalue weighted by molar-refractivity contribution is -0.137. The van der Waals surface area contributed by atoms with Crippen LogP contribution in [0.4, 0.5) is 13.2 Å². The Morgan fingerprint density at radius 3 is 2.35 bits per heavy atom. The van der Waals surface area contributed by atoms with Gasteiger partial charge in [0.2, 0.25) is 15.9 Å². The van der Waals surface area contributed by atoms with Gasteiger partial charge in [0.05, 0.1) is 17.0 Å². The number of hydrogen-bond donors (Lipinski definition) is 1. The molecule has 0 saturated heterocycles. The largest absolute Gasteiger partial charge is 0.416 e. The maximum atomic E-state index is 12.7. The van der Waals surface area contributed by atoms with Crippen molar-refractivity contribution < 1.29 is 26.4 Å². The van der Waals surface area contributed by atoms with Crippen LogP contribution in [0.3, 0.4) is 0 Å². The number of sulfonamides is 1. The molecular formula is C17H17F3N2O3S. The van der Waals surface area contributed by atoms with Gasteiger partial charge in [0.15, 0.2) is 0 Å². The number of rotatable bonds is 6. The van der Waals surface area contributed by atoms with Crippen molar-refractivity contribution in [3.05, 3.63) is 65.7 Å². The maximum absolute atomic E-state index is 12.7. The molecule has 0 heterocycles. The molecule has 2 aromatic carbocycles. The summed E-state index contributed by atoms with van der Waals surface area (Å²) in [5.41, 5.74) is -0.211. The monoisotopic (exact) mass is 386 g/mol. The van der Waals surface area contributed by atoms with E-state index in [1.807, 2.05) is 35.1 Å². The Kier molecular flexibility index (Phi) is 6.04. The minimum absolute atomic E-state index is 0.283. The second-order valence-corrected chi connectivity index (χ2v) is 7.35. The number of nitrogens with zero attached hydrogens (tertiary/aromatic N) is 1. The van der Waals surface area contributed by atoms with Crippen LogP contribution in [0.2, 0.25) is 0 Å². The molecule has 1 amide bonds. The van der Waals surface area contributed by atoms with Crippen LogP contribution in [0.5, 0.6) is 0 Å². The first-order valence-corrected chi connectivity index (χ1v) is 9.03. The lowest BCUT2D eigenvalue weighted by Gasteiger charge is -2.18. The Bertz CT molecular complexity index is 868. The number of nitrogens with one attached hydrogen (secondary N) is 1. The SMILES string of the molecule is CN(Cc1ccccc1)C(=O)CNS(=O)(=O)c1cccc(C(F)(F)F)c1. The van der Waals surface area contributed by atoms with E-state index in [4.69, 9.17) is 0 Å². The molecule has 0 radical (unpaired) electrons. The molecule has 2 rings (SSSR count). The van der Waals surface area contributed by atoms with Gasteiger partial charge in [-0.3, -0.25) is 4.79 Å². The summed E-state index contributed by atoms with van der Waals surface area (Å²) in [5, 5.41) is 0. The molecule has 0 aliphatic rings. The number of carbonyl (C=O) groups is 1. The van der Waals surface area contributed by atoms with Crippen LogP contribution in [-0.4, -0.2) is 32.8 Å². The highest BCUT2D eigenvalue weighted by Gasteiger charge is 2.31. The Morgan fingerprint density at radius 1 is 1.08 bits per heavy atom. The highest BCUT2D eigenvalue weighted by atomic mass is 32.2. The van der Waals surface area contributed by atoms with Crippen molar-refractivity contribution in [2.45, 2.75) is 17.6 Å². The Balaban J connectivity index is 2.02. The van der Waals surface area contributed by atoms with E-state index < -0.39 is 39.1 Å². The number of halogens is 3. The van der Waals surface area contributed by atoms with Crippen LogP contribution in [0.1, 0.15) is 11.1 Å². The summed E-state index contributed by atoms with van der Waals surface area (Å²) >= 11 is 0. The Morgan fingerprint density at radius 2 is 1.73 bits per heavy atom. The second-order valence-electron chi connectivity index (χ2n) is 5.59. The van der Waals surface area contributed by atoms with Crippen LogP contribution < -0.4 is 4.72 Å². The van der Waals surface area contributed by atoms with E-state index >= 15 is 0 Å². The molecule has 2 aromatic rings. The van der Waals surface area contributed by atoms with Gasteiger partial charge >= 0.3 is 6.18 Å². The lowest BCUT2D eigenvalue weighted by Crippen LogP contribution is -2.37. The number of likely N-dealkylation sites (N-methyl/N-ethyl adjacent to an activating group) is 1. The molecule has 0 unspecified atom stereocenters. The van der Waals surface area contributed by atoms with Crippen LogP contribution in [0, 0.1) is 0 Å². The fraction of sp³-hybridized carbons (Fsp3) is 0.235. The molecular weight excluding hydrogens is 369 g/mol. The zero-order valence-corrected chi connectivity index (χ0v) is 14.6. The van der Waals surface area contributed by atoms with Crippen LogP contribution >= 0.6 is 0 Å². The van der Waals surface area contributed by atoms with E-state index in [0.29, 0.717) is 6.07 Å². The first-order valence-electron chi connectivity index (χ1n) is 7.54. The molecule has 0 bridgehead atoms. The molecule has 0 aliphatic carbocycles. The van der Waals surface area contributed by atoms with Gasteiger partial charge in [-0.15, -0.1) is 0 Å². The summed E-state index contributed by atoms with van der Waals surface area (Å²) in [7, 11) is -2.73. The minimum Gasteiger partial charge on any atom is -0.340 e. The van der Waals surface area contributed by atoms with Gasteiger partial charge in [0.25, 0.3) is 0 Å². The Hall–Kier alpha value is -2.39. The van der Waals surface area contributed by atoms with E-state index in [1.165, 1.54) is 11.9 Å². The van der Waals surface area contributed by atoms with Crippen molar-refractivity contribution in [3.8, 4) is 0 Å². The third-order valence-electron chi connectivity index (χ3n) is 3.57. The summed E-state index contributed by atoms with van der Waals surface area (Å²) in [6.07, 6.45) is -4.66. The number of hydrogen-bond acceptors (Lipinski definition) is 3. The summed E-state index contributed by atoms with van der Waals surface area (Å²) in [4.78, 5) is 12.8. The average molecular weight is 386 g/mol. The molecule has 5 nitrogen and oxygen atoms in total. The fourth-order valence-electron chi connectivity index (χ4n) is 2.16. The number of carbonyl (C=O) groups excluding carboxylic acids is 1. The predicted octanol–water partition coefficient (Wildman–Crippen LogP) is 2.64. The van der Waals surface area contributed by atoms with Crippen molar-refractivity contribution in [2.75, 3.05) is 13.6 Å². The van der Waals surface area contributed by atoms with E-state index in [0.717, 1.165) is 23.8 Å². The van der Waals surface area contributed by atoms with Gasteiger partial charge in [-0.2, -0.15) is 13.2 Å². The molecule has 0 spiro atoms. The number of benzene rings is 2. The third kappa shape index (κ3) is 5.30. The average Bonchev–Trinajstić information content (AvgIpc) is 2.60. The molecule has 0 aliphatic heterocycles. The van der Waals surface area contributed by atoms with Crippen molar-refractivity contribution in [1.82, 2.24) is 9.62 Å². The molecule has 0 fully saturated rings. The van der Waals surface area contributed by atoms with Gasteiger partial charge in [0.1, 0.15) is 0 Å². The van der Waals surface area contributed by atoms with Crippen molar-refractivity contribution in [3.63, 3.8) is 0 Å². The summed E-state index contributed by atoms with van der Waals surface area (Å²) in [6.45, 7) is -0.271. The van der Waals surface area contributed by atoms with E-state index in [2.05, 4.69) is 0 Å². The van der Waals surface area contributed by atoms with Gasteiger partial charge in [0, 0.05) is 13.6 Å². The lowest BCUT2D eigenvalue weighted by atomic mass is 10.2. The van der Waals surface area contributed by atoms with E-state index in [-0.39, 0.29) is 6.54 Å². The van der Waals surface area contributed by atoms with Crippen LogP contribution in [-0.2, 0) is 27.5 Å². The van der Waals surface area contributed by atoms with Crippen molar-refractivity contribution in [2.24, 2.45) is 0 Å². The standard InChI is InChI=1S/C17H17F3N2O3S/c1-22(12-13-6-3-2-4-7-13)16(23)11-21-26(24,25)15-9-5-8-14(10-15)17(18,19)20/h2-10,21H,11-12H2,1H3. The first-order chi connectivity index (χ1) is 12.1. The summed E-state index contributed by atoms with van der Waals surface area (Å²) < 4.78 is 64.4. The minimum atomic E-state index is -4.66. The predicted molar refractivity (Wildman–Crippen MR) is 89.5 cm³/mol. The fourth-order valence-corrected chi connectivity index (χ4v) is 3.18. The Labute approximate surface area is 149 Å². The number of alkyl halides is 3. The molecule has 0 saturated carbocycles. The molecule has 0 atom stereocenters. The van der Waals surface area contributed by atoms with Gasteiger partial charge < -0.3 is 4.90 Å². The summed E-state index contributed by atoms with van der Waals surface area (Å²) in [6, 6.07) is 12.4. The number of amides is 1. The van der Waals surface area contributed by atoms with Gasteiger partial charge in [-0.1, -0.05) is 36.4 Å². The quantitative estimate of drug-likeness (QED) is 0.830. The van der Waals surface area contributed by atoms with Crippen LogP contribution in [0.25, 0.3) is 0 Å². The molecule has 140 valence electrons. The third-order valence-corrected chi connectivity index (χ3v) is 4.97. The van der Waals surface area contributed by atoms with Crippen molar-refractivity contribution >= 4 is 15.9 Å². The van der Waals surface area contributed by atoms with Crippen molar-refractivity contribution in [1.29, 1.82) is 0 Å². The van der Waals surface area contributed by atoms with Gasteiger partial charge in [-0.25, -0.2) is 13.1 Å². The normalized spacial score (nSPS) is 12.0. The summed E-state index contributed by atoms with van der Waals surface area (Å²) in [5.74, 6) is -0.510. The van der Waals surface area contributed by atoms with Gasteiger partial charge in [-0.05, 0) is 23.8 Å². The second kappa shape index (κ2) is 7.88. The highest BCUT2D eigenvalue weighted by Crippen LogP contribution is 2.30.